The summed E-state index contributed by atoms with van der Waals surface area (Å²) in [7, 11) is 2.07. The highest BCUT2D eigenvalue weighted by molar-refractivity contribution is 5.66. The third-order valence-electron chi connectivity index (χ3n) is 4.05. The van der Waals surface area contributed by atoms with E-state index in [4.69, 9.17) is 5.11 Å². The summed E-state index contributed by atoms with van der Waals surface area (Å²) in [6.45, 7) is 6.72. The minimum absolute atomic E-state index is 0.195. The Morgan fingerprint density at radius 2 is 1.90 bits per heavy atom. The fourth-order valence-electron chi connectivity index (χ4n) is 2.34. The molecule has 0 bridgehead atoms. The molecule has 1 heterocycles. The summed E-state index contributed by atoms with van der Waals surface area (Å²) in [6.07, 6.45) is 1.05. The zero-order chi connectivity index (χ0) is 15.3. The van der Waals surface area contributed by atoms with E-state index in [-0.39, 0.29) is 12.5 Å². The molecule has 0 aliphatic carbocycles. The van der Waals surface area contributed by atoms with Crippen molar-refractivity contribution in [1.82, 2.24) is 4.90 Å². The summed E-state index contributed by atoms with van der Waals surface area (Å²) in [6, 6.07) is 8.42. The fraction of sp³-hybridized carbons (Fsp3) is 0.562. The minimum Gasteiger partial charge on any atom is -0.481 e. The van der Waals surface area contributed by atoms with Gasteiger partial charge in [0.25, 0.3) is 0 Å². The van der Waals surface area contributed by atoms with Gasteiger partial charge >= 0.3 is 5.97 Å². The SMILES string of the molecule is CCC(=O)O.Cc1ccc(C2(O)CCN(C)C2C)cc1. The van der Waals surface area contributed by atoms with Gasteiger partial charge < -0.3 is 15.1 Å². The van der Waals surface area contributed by atoms with Gasteiger partial charge in [-0.15, -0.1) is 0 Å². The maximum atomic E-state index is 10.7. The lowest BCUT2D eigenvalue weighted by molar-refractivity contribution is -0.136. The number of aliphatic hydroxyl groups is 1. The van der Waals surface area contributed by atoms with Crippen molar-refractivity contribution in [2.24, 2.45) is 0 Å². The van der Waals surface area contributed by atoms with Crippen LogP contribution in [0.25, 0.3) is 0 Å². The number of likely N-dealkylation sites (tertiary alicyclic amines) is 1. The highest BCUT2D eigenvalue weighted by Crippen LogP contribution is 2.36. The van der Waals surface area contributed by atoms with Crippen LogP contribution in [0.4, 0.5) is 0 Å². The second kappa shape index (κ2) is 6.86. The average molecular weight is 279 g/mol. The van der Waals surface area contributed by atoms with Crippen molar-refractivity contribution in [3.8, 4) is 0 Å². The van der Waals surface area contributed by atoms with Crippen molar-refractivity contribution in [2.45, 2.75) is 45.3 Å². The number of benzene rings is 1. The first-order valence-corrected chi connectivity index (χ1v) is 7.02. The van der Waals surface area contributed by atoms with Crippen LogP contribution in [0.15, 0.2) is 24.3 Å². The summed E-state index contributed by atoms with van der Waals surface area (Å²) in [5, 5.41) is 18.4. The molecule has 0 spiro atoms. The molecular weight excluding hydrogens is 254 g/mol. The van der Waals surface area contributed by atoms with Crippen LogP contribution in [0.5, 0.6) is 0 Å². The second-order valence-corrected chi connectivity index (χ2v) is 5.44. The molecule has 1 aromatic rings. The predicted octanol–water partition coefficient (Wildman–Crippen LogP) is 2.39. The van der Waals surface area contributed by atoms with E-state index in [1.165, 1.54) is 5.56 Å². The smallest absolute Gasteiger partial charge is 0.303 e. The molecule has 2 atom stereocenters. The van der Waals surface area contributed by atoms with Gasteiger partial charge in [-0.3, -0.25) is 4.79 Å². The van der Waals surface area contributed by atoms with Crippen LogP contribution in [-0.4, -0.2) is 40.7 Å². The Morgan fingerprint density at radius 1 is 1.40 bits per heavy atom. The number of aryl methyl sites for hydroxylation is 1. The van der Waals surface area contributed by atoms with Gasteiger partial charge in [0, 0.05) is 19.0 Å². The molecule has 0 aromatic heterocycles. The Kier molecular flexibility index (Phi) is 5.72. The number of nitrogens with zero attached hydrogens (tertiary/aromatic N) is 1. The molecule has 1 fully saturated rings. The van der Waals surface area contributed by atoms with Gasteiger partial charge in [-0.2, -0.15) is 0 Å². The lowest BCUT2D eigenvalue weighted by Gasteiger charge is -2.30. The van der Waals surface area contributed by atoms with E-state index in [2.05, 4.69) is 37.9 Å². The molecule has 0 amide bonds. The molecule has 4 heteroatoms. The molecule has 0 radical (unpaired) electrons. The van der Waals surface area contributed by atoms with Gasteiger partial charge in [0.05, 0.1) is 0 Å². The number of likely N-dealkylation sites (N-methyl/N-ethyl adjacent to an activating group) is 1. The Balaban J connectivity index is 0.000000347. The summed E-state index contributed by atoms with van der Waals surface area (Å²) < 4.78 is 0. The molecule has 1 aromatic carbocycles. The minimum atomic E-state index is -0.745. The van der Waals surface area contributed by atoms with Crippen molar-refractivity contribution in [3.05, 3.63) is 35.4 Å². The molecule has 2 N–H and O–H groups in total. The highest BCUT2D eigenvalue weighted by atomic mass is 16.4. The van der Waals surface area contributed by atoms with E-state index >= 15 is 0 Å². The fourth-order valence-corrected chi connectivity index (χ4v) is 2.34. The van der Waals surface area contributed by atoms with Crippen LogP contribution in [0.3, 0.4) is 0 Å². The zero-order valence-corrected chi connectivity index (χ0v) is 12.8. The van der Waals surface area contributed by atoms with Crippen LogP contribution in [0.2, 0.25) is 0 Å². The van der Waals surface area contributed by atoms with E-state index in [1.807, 2.05) is 12.1 Å². The third kappa shape index (κ3) is 3.81. The average Bonchev–Trinajstić information content (AvgIpc) is 2.69. The first-order valence-electron chi connectivity index (χ1n) is 7.02. The molecule has 4 nitrogen and oxygen atoms in total. The number of carboxylic acids is 1. The Bertz CT molecular complexity index is 444. The lowest BCUT2D eigenvalue weighted by Crippen LogP contribution is -2.38. The normalized spacial score (nSPS) is 25.9. The first kappa shape index (κ1) is 16.7. The quantitative estimate of drug-likeness (QED) is 0.872. The van der Waals surface area contributed by atoms with Crippen LogP contribution >= 0.6 is 0 Å². The van der Waals surface area contributed by atoms with Crippen molar-refractivity contribution >= 4 is 5.97 Å². The number of carbonyl (C=O) groups is 1. The maximum Gasteiger partial charge on any atom is 0.303 e. The molecule has 1 saturated heterocycles. The summed E-state index contributed by atoms with van der Waals surface area (Å²) in [5.74, 6) is -0.745. The zero-order valence-electron chi connectivity index (χ0n) is 12.8. The third-order valence-corrected chi connectivity index (χ3v) is 4.05. The van der Waals surface area contributed by atoms with Crippen LogP contribution < -0.4 is 0 Å². The number of hydrogen-bond acceptors (Lipinski definition) is 3. The van der Waals surface area contributed by atoms with E-state index < -0.39 is 11.6 Å². The summed E-state index contributed by atoms with van der Waals surface area (Å²) >= 11 is 0. The van der Waals surface area contributed by atoms with Crippen LogP contribution in [-0.2, 0) is 10.4 Å². The largest absolute Gasteiger partial charge is 0.481 e. The lowest BCUT2D eigenvalue weighted by atomic mass is 9.87. The highest BCUT2D eigenvalue weighted by Gasteiger charge is 2.42. The van der Waals surface area contributed by atoms with E-state index in [1.54, 1.807) is 6.92 Å². The van der Waals surface area contributed by atoms with Crippen LogP contribution in [0, 0.1) is 6.92 Å². The second-order valence-electron chi connectivity index (χ2n) is 5.44. The number of hydrogen-bond donors (Lipinski definition) is 2. The molecule has 1 aliphatic heterocycles. The Morgan fingerprint density at radius 3 is 2.25 bits per heavy atom. The predicted molar refractivity (Wildman–Crippen MR) is 79.7 cm³/mol. The van der Waals surface area contributed by atoms with Crippen molar-refractivity contribution in [2.75, 3.05) is 13.6 Å². The number of carboxylic acid groups (broad SMARTS) is 1. The van der Waals surface area contributed by atoms with E-state index in [9.17, 15) is 9.90 Å². The molecule has 112 valence electrons. The first-order chi connectivity index (χ1) is 9.31. The van der Waals surface area contributed by atoms with Gasteiger partial charge in [0.2, 0.25) is 0 Å². The standard InChI is InChI=1S/C13H19NO.C3H6O2/c1-10-4-6-12(7-5-10)13(15)8-9-14(3)11(13)2;1-2-3(4)5/h4-7,11,15H,8-9H2,1-3H3;2H2,1H3,(H,4,5). The van der Waals surface area contributed by atoms with Gasteiger partial charge in [-0.05, 0) is 32.9 Å². The molecule has 1 aliphatic rings. The molecule has 2 unspecified atom stereocenters. The molecule has 0 saturated carbocycles. The number of aliphatic carboxylic acids is 1. The summed E-state index contributed by atoms with van der Waals surface area (Å²) in [5.41, 5.74) is 1.62. The Hall–Kier alpha value is -1.39. The molecular formula is C16H25NO3. The van der Waals surface area contributed by atoms with Crippen molar-refractivity contribution < 1.29 is 15.0 Å². The van der Waals surface area contributed by atoms with Gasteiger partial charge in [-0.25, -0.2) is 0 Å². The molecule has 20 heavy (non-hydrogen) atoms. The Labute approximate surface area is 121 Å². The maximum absolute atomic E-state index is 10.7. The number of rotatable bonds is 2. The monoisotopic (exact) mass is 279 g/mol. The van der Waals surface area contributed by atoms with Crippen molar-refractivity contribution in [1.29, 1.82) is 0 Å². The van der Waals surface area contributed by atoms with E-state index in [0.717, 1.165) is 18.5 Å². The van der Waals surface area contributed by atoms with E-state index in [0.29, 0.717) is 0 Å². The van der Waals surface area contributed by atoms with Gasteiger partial charge in [0.15, 0.2) is 0 Å². The topological polar surface area (TPSA) is 60.8 Å². The molecule has 2 rings (SSSR count). The van der Waals surface area contributed by atoms with Crippen LogP contribution in [0.1, 0.15) is 37.8 Å². The summed E-state index contributed by atoms with van der Waals surface area (Å²) in [4.78, 5) is 11.6. The van der Waals surface area contributed by atoms with Gasteiger partial charge in [0.1, 0.15) is 5.60 Å². The van der Waals surface area contributed by atoms with Crippen molar-refractivity contribution in [3.63, 3.8) is 0 Å². The van der Waals surface area contributed by atoms with Gasteiger partial charge in [-0.1, -0.05) is 36.8 Å².